The number of likely N-dealkylation sites (tertiary alicyclic amines) is 1. The highest BCUT2D eigenvalue weighted by molar-refractivity contribution is 6.06. The van der Waals surface area contributed by atoms with Gasteiger partial charge >= 0.3 is 0 Å². The van der Waals surface area contributed by atoms with Gasteiger partial charge in [-0.1, -0.05) is 20.8 Å². The van der Waals surface area contributed by atoms with E-state index in [2.05, 4.69) is 26.1 Å². The van der Waals surface area contributed by atoms with E-state index in [1.54, 1.807) is 0 Å². The number of imide groups is 1. The van der Waals surface area contributed by atoms with Crippen molar-refractivity contribution in [3.05, 3.63) is 0 Å². The second-order valence-corrected chi connectivity index (χ2v) is 5.99. The van der Waals surface area contributed by atoms with E-state index in [4.69, 9.17) is 0 Å². The quantitative estimate of drug-likeness (QED) is 0.735. The molecule has 1 aliphatic carbocycles. The van der Waals surface area contributed by atoms with E-state index in [1.807, 2.05) is 0 Å². The van der Waals surface area contributed by atoms with Gasteiger partial charge in [-0.25, -0.2) is 0 Å². The van der Waals surface area contributed by atoms with Crippen LogP contribution in [0.4, 0.5) is 0 Å². The Morgan fingerprint density at radius 3 is 2.53 bits per heavy atom. The topological polar surface area (TPSA) is 49.4 Å². The summed E-state index contributed by atoms with van der Waals surface area (Å²) in [6.07, 6.45) is 3.38. The van der Waals surface area contributed by atoms with Gasteiger partial charge in [-0.05, 0) is 24.7 Å². The molecule has 4 nitrogen and oxygen atoms in total. The van der Waals surface area contributed by atoms with Crippen LogP contribution in [0.5, 0.6) is 0 Å². The predicted molar refractivity (Wildman–Crippen MR) is 65.4 cm³/mol. The third kappa shape index (κ3) is 2.68. The molecule has 1 unspecified atom stereocenters. The van der Waals surface area contributed by atoms with E-state index in [-0.39, 0.29) is 29.3 Å². The second-order valence-electron chi connectivity index (χ2n) is 5.99. The SMILES string of the molecule is CCC(C)(C)CNC1CC(=O)N(C2CC2)C1=O. The van der Waals surface area contributed by atoms with Crippen molar-refractivity contribution in [3.8, 4) is 0 Å². The minimum absolute atomic E-state index is 0.00399. The lowest BCUT2D eigenvalue weighted by atomic mass is 9.90. The Bertz CT molecular complexity index is 334. The van der Waals surface area contributed by atoms with Crippen molar-refractivity contribution in [2.24, 2.45) is 5.41 Å². The van der Waals surface area contributed by atoms with E-state index < -0.39 is 0 Å². The van der Waals surface area contributed by atoms with E-state index in [1.165, 1.54) is 4.90 Å². The van der Waals surface area contributed by atoms with Crippen LogP contribution in [0, 0.1) is 5.41 Å². The number of carbonyl (C=O) groups excluding carboxylic acids is 2. The van der Waals surface area contributed by atoms with E-state index in [0.29, 0.717) is 6.42 Å². The summed E-state index contributed by atoms with van der Waals surface area (Å²) in [5.41, 5.74) is 0.177. The summed E-state index contributed by atoms with van der Waals surface area (Å²) in [4.78, 5) is 25.3. The lowest BCUT2D eigenvalue weighted by Crippen LogP contribution is -2.43. The summed E-state index contributed by atoms with van der Waals surface area (Å²) in [5.74, 6) is -0.00583. The summed E-state index contributed by atoms with van der Waals surface area (Å²) >= 11 is 0. The number of nitrogens with zero attached hydrogens (tertiary/aromatic N) is 1. The molecule has 2 aliphatic rings. The van der Waals surface area contributed by atoms with Crippen LogP contribution < -0.4 is 5.32 Å². The Balaban J connectivity index is 1.90. The molecule has 1 saturated carbocycles. The van der Waals surface area contributed by atoms with Crippen LogP contribution in [0.1, 0.15) is 46.5 Å². The van der Waals surface area contributed by atoms with Crippen molar-refractivity contribution in [1.29, 1.82) is 0 Å². The first kappa shape index (κ1) is 12.6. The molecule has 0 radical (unpaired) electrons. The van der Waals surface area contributed by atoms with Gasteiger partial charge in [-0.15, -0.1) is 0 Å². The number of nitrogens with one attached hydrogen (secondary N) is 1. The first-order chi connectivity index (χ1) is 7.94. The molecule has 0 aromatic heterocycles. The molecule has 2 rings (SSSR count). The van der Waals surface area contributed by atoms with Crippen LogP contribution >= 0.6 is 0 Å². The van der Waals surface area contributed by atoms with Gasteiger partial charge in [0.25, 0.3) is 0 Å². The molecule has 0 spiro atoms. The molecule has 1 saturated heterocycles. The van der Waals surface area contributed by atoms with Gasteiger partial charge in [-0.2, -0.15) is 0 Å². The van der Waals surface area contributed by atoms with Crippen LogP contribution in [0.2, 0.25) is 0 Å². The van der Waals surface area contributed by atoms with Gasteiger partial charge in [0.2, 0.25) is 11.8 Å². The predicted octanol–water partition coefficient (Wildman–Crippen LogP) is 1.30. The number of amides is 2. The molecular weight excluding hydrogens is 216 g/mol. The van der Waals surface area contributed by atoms with Gasteiger partial charge in [0, 0.05) is 12.6 Å². The van der Waals surface area contributed by atoms with Crippen LogP contribution in [0.15, 0.2) is 0 Å². The molecule has 96 valence electrons. The van der Waals surface area contributed by atoms with Gasteiger partial charge < -0.3 is 5.32 Å². The summed E-state index contributed by atoms with van der Waals surface area (Å²) in [5, 5.41) is 3.25. The summed E-state index contributed by atoms with van der Waals surface area (Å²) in [7, 11) is 0. The maximum atomic E-state index is 12.0. The number of hydrogen-bond acceptors (Lipinski definition) is 3. The molecule has 0 aromatic carbocycles. The van der Waals surface area contributed by atoms with Crippen molar-refractivity contribution >= 4 is 11.8 Å². The molecule has 4 heteroatoms. The van der Waals surface area contributed by atoms with E-state index in [0.717, 1.165) is 25.8 Å². The zero-order valence-corrected chi connectivity index (χ0v) is 11.0. The average molecular weight is 238 g/mol. The van der Waals surface area contributed by atoms with Crippen molar-refractivity contribution < 1.29 is 9.59 Å². The highest BCUT2D eigenvalue weighted by Crippen LogP contribution is 2.31. The third-order valence-electron chi connectivity index (χ3n) is 3.88. The Labute approximate surface area is 103 Å². The smallest absolute Gasteiger partial charge is 0.247 e. The number of carbonyl (C=O) groups is 2. The molecule has 1 atom stereocenters. The fourth-order valence-electron chi connectivity index (χ4n) is 2.05. The van der Waals surface area contributed by atoms with Crippen molar-refractivity contribution in [2.75, 3.05) is 6.54 Å². The van der Waals surface area contributed by atoms with Crippen LogP contribution in [0.25, 0.3) is 0 Å². The zero-order chi connectivity index (χ0) is 12.6. The number of hydrogen-bond donors (Lipinski definition) is 1. The lowest BCUT2D eigenvalue weighted by molar-refractivity contribution is -0.139. The number of rotatable bonds is 5. The Morgan fingerprint density at radius 1 is 1.35 bits per heavy atom. The largest absolute Gasteiger partial charge is 0.305 e. The molecule has 2 fully saturated rings. The van der Waals surface area contributed by atoms with Crippen LogP contribution in [-0.4, -0.2) is 35.3 Å². The van der Waals surface area contributed by atoms with Crippen molar-refractivity contribution in [2.45, 2.75) is 58.5 Å². The highest BCUT2D eigenvalue weighted by Gasteiger charge is 2.46. The molecular formula is C13H22N2O2. The Morgan fingerprint density at radius 2 is 2.00 bits per heavy atom. The molecule has 1 heterocycles. The molecule has 17 heavy (non-hydrogen) atoms. The van der Waals surface area contributed by atoms with Crippen molar-refractivity contribution in [3.63, 3.8) is 0 Å². The van der Waals surface area contributed by atoms with Crippen LogP contribution in [0.3, 0.4) is 0 Å². The zero-order valence-electron chi connectivity index (χ0n) is 11.0. The maximum absolute atomic E-state index is 12.0. The van der Waals surface area contributed by atoms with Crippen molar-refractivity contribution in [1.82, 2.24) is 10.2 Å². The standard InChI is InChI=1S/C13H22N2O2/c1-4-13(2,3)8-14-10-7-11(16)15(12(10)17)9-5-6-9/h9-10,14H,4-8H2,1-3H3. The second kappa shape index (κ2) is 4.41. The summed E-state index contributed by atoms with van der Waals surface area (Å²) in [6.45, 7) is 7.26. The summed E-state index contributed by atoms with van der Waals surface area (Å²) < 4.78 is 0. The fourth-order valence-corrected chi connectivity index (χ4v) is 2.05. The minimum atomic E-state index is -0.283. The monoisotopic (exact) mass is 238 g/mol. The maximum Gasteiger partial charge on any atom is 0.247 e. The van der Waals surface area contributed by atoms with E-state index in [9.17, 15) is 9.59 Å². The van der Waals surface area contributed by atoms with Crippen LogP contribution in [-0.2, 0) is 9.59 Å². The lowest BCUT2D eigenvalue weighted by Gasteiger charge is -2.24. The molecule has 1 N–H and O–H groups in total. The first-order valence-corrected chi connectivity index (χ1v) is 6.54. The van der Waals surface area contributed by atoms with Gasteiger partial charge in [0.1, 0.15) is 0 Å². The molecule has 0 aromatic rings. The van der Waals surface area contributed by atoms with E-state index >= 15 is 0 Å². The van der Waals surface area contributed by atoms with Gasteiger partial charge in [-0.3, -0.25) is 14.5 Å². The molecule has 0 bridgehead atoms. The summed E-state index contributed by atoms with van der Waals surface area (Å²) in [6, 6.07) is -0.0742. The average Bonchev–Trinajstić information content (AvgIpc) is 3.04. The highest BCUT2D eigenvalue weighted by atomic mass is 16.2. The molecule has 2 amide bonds. The Kier molecular flexibility index (Phi) is 3.25. The Hall–Kier alpha value is -0.900. The first-order valence-electron chi connectivity index (χ1n) is 6.54. The third-order valence-corrected chi connectivity index (χ3v) is 3.88. The fraction of sp³-hybridized carbons (Fsp3) is 0.846. The normalized spacial score (nSPS) is 25.8. The van der Waals surface area contributed by atoms with Gasteiger partial charge in [0.15, 0.2) is 0 Å². The minimum Gasteiger partial charge on any atom is -0.305 e. The molecule has 1 aliphatic heterocycles. The van der Waals surface area contributed by atoms with Gasteiger partial charge in [0.05, 0.1) is 12.5 Å².